The summed E-state index contributed by atoms with van der Waals surface area (Å²) in [6.07, 6.45) is 2.53. The molecule has 212 valence electrons. The summed E-state index contributed by atoms with van der Waals surface area (Å²) in [7, 11) is -4.03. The summed E-state index contributed by atoms with van der Waals surface area (Å²) in [5.41, 5.74) is 6.78. The third-order valence-electron chi connectivity index (χ3n) is 7.09. The van der Waals surface area contributed by atoms with Crippen molar-refractivity contribution in [1.29, 1.82) is 0 Å². The molecule has 8 heteroatoms. The molecule has 0 amide bonds. The van der Waals surface area contributed by atoms with E-state index >= 15 is 0 Å². The number of aryl methyl sites for hydroxylation is 2. The van der Waals surface area contributed by atoms with Gasteiger partial charge in [-0.2, -0.15) is 8.42 Å². The van der Waals surface area contributed by atoms with E-state index in [0.29, 0.717) is 13.0 Å². The van der Waals surface area contributed by atoms with Gasteiger partial charge in [-0.1, -0.05) is 60.3 Å². The Balaban J connectivity index is 1.51. The van der Waals surface area contributed by atoms with Crippen LogP contribution in [0.15, 0.2) is 123 Å². The van der Waals surface area contributed by atoms with Crippen LogP contribution in [0.5, 0.6) is 0 Å². The van der Waals surface area contributed by atoms with Gasteiger partial charge in [-0.05, 0) is 85.1 Å². The van der Waals surface area contributed by atoms with Crippen LogP contribution in [-0.2, 0) is 10.1 Å². The van der Waals surface area contributed by atoms with Crippen molar-refractivity contribution in [3.8, 4) is 5.69 Å². The number of aromatic nitrogens is 1. The summed E-state index contributed by atoms with van der Waals surface area (Å²) in [6.45, 7) is 4.74. The molecule has 6 rings (SSSR count). The smallest absolute Gasteiger partial charge is 0.264 e. The van der Waals surface area contributed by atoms with E-state index in [-0.39, 0.29) is 5.75 Å². The lowest BCUT2D eigenvalue weighted by atomic mass is 10.1. The van der Waals surface area contributed by atoms with Gasteiger partial charge in [0.05, 0.1) is 21.9 Å². The molecule has 0 aliphatic carbocycles. The maximum Gasteiger partial charge on any atom is 0.264 e. The predicted molar refractivity (Wildman–Crippen MR) is 174 cm³/mol. The largest absolute Gasteiger partial charge is 0.335 e. The topological polar surface area (TPSA) is 61.5 Å². The first-order valence-electron chi connectivity index (χ1n) is 13.8. The first-order chi connectivity index (χ1) is 20.2. The molecule has 42 heavy (non-hydrogen) atoms. The molecule has 0 saturated heterocycles. The Hall–Kier alpha value is -3.56. The average molecular weight is 612 g/mol. The Morgan fingerprint density at radius 1 is 0.881 bits per heavy atom. The lowest BCUT2D eigenvalue weighted by molar-refractivity contribution is -0.608. The van der Waals surface area contributed by atoms with E-state index in [1.807, 2.05) is 18.2 Å². The fraction of sp³-hybridized carbons (Fsp3) is 0.147. The van der Waals surface area contributed by atoms with Crippen LogP contribution in [0.25, 0.3) is 22.7 Å². The molecule has 1 aromatic heterocycles. The van der Waals surface area contributed by atoms with Gasteiger partial charge in [-0.15, -0.1) is 4.57 Å². The molecule has 1 N–H and O–H groups in total. The number of thioether (sulfide) groups is 1. The highest BCUT2D eigenvalue weighted by atomic mass is 32.2. The van der Waals surface area contributed by atoms with E-state index in [2.05, 4.69) is 114 Å². The van der Waals surface area contributed by atoms with Crippen LogP contribution in [-0.4, -0.2) is 25.3 Å². The van der Waals surface area contributed by atoms with Crippen LogP contribution in [0.4, 0.5) is 5.69 Å². The summed E-state index contributed by atoms with van der Waals surface area (Å²) >= 11 is 3.43. The van der Waals surface area contributed by atoms with E-state index in [0.717, 1.165) is 42.8 Å². The molecule has 2 heterocycles. The second kappa shape index (κ2) is 12.0. The maximum atomic E-state index is 11.5. The first kappa shape index (κ1) is 28.6. The predicted octanol–water partition coefficient (Wildman–Crippen LogP) is 8.07. The first-order valence-corrected chi connectivity index (χ1v) is 17.0. The SMILES string of the molecule is Cc1cc(C)cc(Sc2cc(C=C3Sc4ccccc4N3CCCS(=O)(=O)O)c3ccccc3[n+]2-c2ccccc2)c1. The molecule has 0 radical (unpaired) electrons. The second-order valence-electron chi connectivity index (χ2n) is 10.4. The number of fused-ring (bicyclic) bond motifs is 2. The van der Waals surface area contributed by atoms with Crippen molar-refractivity contribution < 1.29 is 17.5 Å². The summed E-state index contributed by atoms with van der Waals surface area (Å²) in [4.78, 5) is 4.47. The van der Waals surface area contributed by atoms with Crippen molar-refractivity contribution in [3.05, 3.63) is 125 Å². The van der Waals surface area contributed by atoms with Crippen molar-refractivity contribution in [2.24, 2.45) is 0 Å². The van der Waals surface area contributed by atoms with Gasteiger partial charge >= 0.3 is 0 Å². The number of pyridine rings is 1. The molecule has 0 bridgehead atoms. The molecule has 0 atom stereocenters. The van der Waals surface area contributed by atoms with Crippen LogP contribution in [0.2, 0.25) is 0 Å². The van der Waals surface area contributed by atoms with Crippen molar-refractivity contribution in [1.82, 2.24) is 0 Å². The van der Waals surface area contributed by atoms with Crippen molar-refractivity contribution in [2.45, 2.75) is 35.1 Å². The van der Waals surface area contributed by atoms with Gasteiger partial charge in [0.1, 0.15) is 0 Å². The molecular formula is C34H31N2O3S3+. The highest BCUT2D eigenvalue weighted by Crippen LogP contribution is 2.47. The number of hydrogen-bond donors (Lipinski definition) is 1. The molecule has 0 spiro atoms. The quantitative estimate of drug-likeness (QED) is 0.141. The van der Waals surface area contributed by atoms with Crippen molar-refractivity contribution >= 4 is 56.3 Å². The zero-order chi connectivity index (χ0) is 29.3. The highest BCUT2D eigenvalue weighted by molar-refractivity contribution is 8.04. The normalized spacial score (nSPS) is 14.1. The summed E-state index contributed by atoms with van der Waals surface area (Å²) < 4.78 is 34.6. The van der Waals surface area contributed by atoms with Gasteiger partial charge in [-0.3, -0.25) is 4.55 Å². The highest BCUT2D eigenvalue weighted by Gasteiger charge is 2.27. The minimum Gasteiger partial charge on any atom is -0.335 e. The minimum atomic E-state index is -4.03. The number of para-hydroxylation sites is 3. The Labute approximate surface area is 255 Å². The van der Waals surface area contributed by atoms with E-state index in [1.165, 1.54) is 16.0 Å². The van der Waals surface area contributed by atoms with Crippen LogP contribution < -0.4 is 9.47 Å². The molecule has 5 nitrogen and oxygen atoms in total. The van der Waals surface area contributed by atoms with Gasteiger partial charge in [0.15, 0.2) is 0 Å². The van der Waals surface area contributed by atoms with E-state index in [9.17, 15) is 13.0 Å². The maximum absolute atomic E-state index is 11.5. The lowest BCUT2D eigenvalue weighted by Gasteiger charge is -2.20. The molecule has 4 aromatic carbocycles. The van der Waals surface area contributed by atoms with Crippen LogP contribution in [0, 0.1) is 13.8 Å². The summed E-state index contributed by atoms with van der Waals surface area (Å²) in [6, 6.07) is 35.9. The van der Waals surface area contributed by atoms with E-state index < -0.39 is 10.1 Å². The third kappa shape index (κ3) is 6.27. The Morgan fingerprint density at radius 2 is 1.57 bits per heavy atom. The van der Waals surface area contributed by atoms with Crippen LogP contribution in [0.3, 0.4) is 0 Å². The Kier molecular flexibility index (Phi) is 8.14. The van der Waals surface area contributed by atoms with Crippen LogP contribution in [0.1, 0.15) is 23.1 Å². The second-order valence-corrected chi connectivity index (χ2v) is 14.1. The number of rotatable bonds is 8. The van der Waals surface area contributed by atoms with Gasteiger partial charge in [0.2, 0.25) is 11.2 Å². The third-order valence-corrected chi connectivity index (χ3v) is 9.98. The van der Waals surface area contributed by atoms with E-state index in [4.69, 9.17) is 0 Å². The lowest BCUT2D eigenvalue weighted by Crippen LogP contribution is -2.34. The van der Waals surface area contributed by atoms with Gasteiger partial charge < -0.3 is 4.90 Å². The molecule has 0 fully saturated rings. The molecule has 0 saturated carbocycles. The Bertz CT molecular complexity index is 1900. The molecule has 1 aliphatic heterocycles. The fourth-order valence-electron chi connectivity index (χ4n) is 5.39. The molecule has 1 aliphatic rings. The fourth-order valence-corrected chi connectivity index (χ4v) is 8.23. The standard InChI is InChI=1S/C34H30N2O3S3/c1-24-19-25(2)21-28(20-24)40-34-23-26(29-13-6-7-14-30(29)36(34)27-11-4-3-5-12-27)22-33-35(17-10-18-42(37,38)39)31-15-8-9-16-32(31)41-33/h3-9,11-16,19-23H,10,17-18H2,1-2H3/p+1. The number of anilines is 1. The number of benzene rings is 4. The van der Waals surface area contributed by atoms with Crippen molar-refractivity contribution in [3.63, 3.8) is 0 Å². The monoisotopic (exact) mass is 611 g/mol. The van der Waals surface area contributed by atoms with Crippen molar-refractivity contribution in [2.75, 3.05) is 17.2 Å². The number of hydrogen-bond acceptors (Lipinski definition) is 5. The zero-order valence-corrected chi connectivity index (χ0v) is 25.8. The van der Waals surface area contributed by atoms with Gasteiger partial charge in [0, 0.05) is 40.6 Å². The average Bonchev–Trinajstić information content (AvgIpc) is 3.29. The number of nitrogens with zero attached hydrogens (tertiary/aromatic N) is 2. The minimum absolute atomic E-state index is 0.272. The zero-order valence-electron chi connectivity index (χ0n) is 23.4. The Morgan fingerprint density at radius 3 is 2.33 bits per heavy atom. The van der Waals surface area contributed by atoms with Gasteiger partial charge in [0.25, 0.3) is 15.1 Å². The van der Waals surface area contributed by atoms with E-state index in [1.54, 1.807) is 23.5 Å². The molecule has 0 unspecified atom stereocenters. The molecular weight excluding hydrogens is 581 g/mol. The summed E-state index contributed by atoms with van der Waals surface area (Å²) in [5, 5.41) is 3.24. The summed E-state index contributed by atoms with van der Waals surface area (Å²) in [5.74, 6) is -0.272. The van der Waals surface area contributed by atoms with Gasteiger partial charge in [-0.25, -0.2) is 0 Å². The van der Waals surface area contributed by atoms with Crippen LogP contribution >= 0.6 is 23.5 Å². The molecule has 5 aromatic rings.